The van der Waals surface area contributed by atoms with Crippen molar-refractivity contribution in [3.63, 3.8) is 0 Å². The molecule has 6 aromatic rings. The Morgan fingerprint density at radius 2 is 1.52 bits per heavy atom. The number of hydrogen-bond donors (Lipinski definition) is 0. The first-order valence-electron chi connectivity index (χ1n) is 18.5. The Labute approximate surface area is 309 Å². The second-order valence-corrected chi connectivity index (χ2v) is 13.8. The summed E-state index contributed by atoms with van der Waals surface area (Å²) in [4.78, 5) is 2.40. The summed E-state index contributed by atoms with van der Waals surface area (Å²) in [5, 5.41) is 2.62. The number of rotatable bonds is 11. The standard InChI is InChI=1S/C50H48N2/c1-7-18-40(38(8-2)9-3)33-37(6)39-29-31-43(32-30-39)51(46-26-14-13-19-35(46)4)44-24-16-21-41(34-44)45-25-17-28-48-50(45)49-36(5)20-15-27-47(49)52(48)42-22-11-10-12-23-42/h7-9,11,13-17,19-34,37H,1-2,10,12,18H2,3-6H3/b38-9-,40-33-. The van der Waals surface area contributed by atoms with Crippen LogP contribution in [-0.2, 0) is 0 Å². The summed E-state index contributed by atoms with van der Waals surface area (Å²) in [5.41, 5.74) is 15.8. The van der Waals surface area contributed by atoms with Crippen molar-refractivity contribution in [3.8, 4) is 11.1 Å². The van der Waals surface area contributed by atoms with Gasteiger partial charge in [0, 0.05) is 33.5 Å². The smallest absolute Gasteiger partial charge is 0.0547 e. The molecule has 7 rings (SSSR count). The molecule has 1 aliphatic carbocycles. The number of nitrogens with zero attached hydrogens (tertiary/aromatic N) is 2. The molecule has 2 heteroatoms. The molecule has 0 aliphatic heterocycles. The molecule has 0 saturated carbocycles. The average Bonchev–Trinajstić information content (AvgIpc) is 3.53. The van der Waals surface area contributed by atoms with Gasteiger partial charge in [-0.25, -0.2) is 0 Å². The van der Waals surface area contributed by atoms with Crippen LogP contribution in [0.1, 0.15) is 55.7 Å². The van der Waals surface area contributed by atoms with Gasteiger partial charge in [-0.05, 0) is 133 Å². The number of para-hydroxylation sites is 1. The molecule has 1 atom stereocenters. The van der Waals surface area contributed by atoms with Crippen molar-refractivity contribution in [2.75, 3.05) is 4.90 Å². The highest BCUT2D eigenvalue weighted by Gasteiger charge is 2.20. The predicted molar refractivity (Wildman–Crippen MR) is 227 cm³/mol. The molecule has 52 heavy (non-hydrogen) atoms. The monoisotopic (exact) mass is 676 g/mol. The molecule has 0 saturated heterocycles. The van der Waals surface area contributed by atoms with Crippen LogP contribution < -0.4 is 4.90 Å². The maximum Gasteiger partial charge on any atom is 0.0547 e. The van der Waals surface area contributed by atoms with Crippen molar-refractivity contribution in [1.29, 1.82) is 0 Å². The highest BCUT2D eigenvalue weighted by Crippen LogP contribution is 2.43. The molecule has 1 unspecified atom stereocenters. The van der Waals surface area contributed by atoms with E-state index in [-0.39, 0.29) is 5.92 Å². The van der Waals surface area contributed by atoms with Gasteiger partial charge in [0.05, 0.1) is 11.0 Å². The number of fused-ring (bicyclic) bond motifs is 3. The number of aryl methyl sites for hydroxylation is 2. The van der Waals surface area contributed by atoms with E-state index in [1.807, 2.05) is 12.2 Å². The topological polar surface area (TPSA) is 8.17 Å². The predicted octanol–water partition coefficient (Wildman–Crippen LogP) is 14.5. The summed E-state index contributed by atoms with van der Waals surface area (Å²) in [6.45, 7) is 16.8. The van der Waals surface area contributed by atoms with Crippen molar-refractivity contribution in [2.45, 2.75) is 52.9 Å². The zero-order chi connectivity index (χ0) is 36.2. The van der Waals surface area contributed by atoms with Crippen LogP contribution in [0.15, 0.2) is 176 Å². The first-order valence-corrected chi connectivity index (χ1v) is 18.5. The summed E-state index contributed by atoms with van der Waals surface area (Å²) in [5.74, 6) is 0.236. The molecular formula is C50H48N2. The van der Waals surface area contributed by atoms with E-state index in [1.54, 1.807) is 0 Å². The highest BCUT2D eigenvalue weighted by atomic mass is 15.1. The first kappa shape index (κ1) is 34.6. The molecule has 0 fully saturated rings. The van der Waals surface area contributed by atoms with Crippen molar-refractivity contribution in [1.82, 2.24) is 4.57 Å². The van der Waals surface area contributed by atoms with Crippen LogP contribution in [0.25, 0.3) is 38.6 Å². The fraction of sp³-hybridized carbons (Fsp3) is 0.160. The minimum Gasteiger partial charge on any atom is -0.310 e. The van der Waals surface area contributed by atoms with Gasteiger partial charge in [0.15, 0.2) is 0 Å². The molecule has 1 aromatic heterocycles. The number of aromatic nitrogens is 1. The van der Waals surface area contributed by atoms with Gasteiger partial charge in [0.25, 0.3) is 0 Å². The molecular weight excluding hydrogens is 629 g/mol. The maximum atomic E-state index is 4.03. The summed E-state index contributed by atoms with van der Waals surface area (Å²) in [7, 11) is 0. The third-order valence-electron chi connectivity index (χ3n) is 10.4. The molecule has 1 aliphatic rings. The van der Waals surface area contributed by atoms with Crippen LogP contribution in [0, 0.1) is 13.8 Å². The summed E-state index contributed by atoms with van der Waals surface area (Å²) in [6.07, 6.45) is 18.3. The van der Waals surface area contributed by atoms with Crippen LogP contribution in [-0.4, -0.2) is 4.57 Å². The van der Waals surface area contributed by atoms with Gasteiger partial charge in [-0.15, -0.1) is 6.58 Å². The molecule has 0 amide bonds. The molecule has 258 valence electrons. The van der Waals surface area contributed by atoms with Crippen molar-refractivity contribution >= 4 is 44.6 Å². The number of hydrogen-bond acceptors (Lipinski definition) is 1. The minimum absolute atomic E-state index is 0.236. The first-order chi connectivity index (χ1) is 25.4. The lowest BCUT2D eigenvalue weighted by Crippen LogP contribution is -2.11. The molecule has 0 radical (unpaired) electrons. The number of benzene rings is 5. The van der Waals surface area contributed by atoms with E-state index in [0.29, 0.717) is 0 Å². The van der Waals surface area contributed by atoms with Crippen molar-refractivity contribution in [2.24, 2.45) is 0 Å². The second kappa shape index (κ2) is 15.2. The highest BCUT2D eigenvalue weighted by molar-refractivity contribution is 6.17. The Morgan fingerprint density at radius 3 is 2.23 bits per heavy atom. The second-order valence-electron chi connectivity index (χ2n) is 13.8. The van der Waals surface area contributed by atoms with E-state index in [1.165, 1.54) is 66.6 Å². The Balaban J connectivity index is 1.35. The van der Waals surface area contributed by atoms with Crippen LogP contribution in [0.2, 0.25) is 0 Å². The van der Waals surface area contributed by atoms with E-state index in [2.05, 4.69) is 190 Å². The molecule has 2 nitrogen and oxygen atoms in total. The van der Waals surface area contributed by atoms with Gasteiger partial charge in [0.2, 0.25) is 0 Å². The van der Waals surface area contributed by atoms with Crippen molar-refractivity contribution in [3.05, 3.63) is 193 Å². The lowest BCUT2D eigenvalue weighted by Gasteiger charge is -2.28. The van der Waals surface area contributed by atoms with Gasteiger partial charge >= 0.3 is 0 Å². The summed E-state index contributed by atoms with van der Waals surface area (Å²) in [6, 6.07) is 40.3. The number of anilines is 3. The third-order valence-corrected chi connectivity index (χ3v) is 10.4. The zero-order valence-corrected chi connectivity index (χ0v) is 30.9. The summed E-state index contributed by atoms with van der Waals surface area (Å²) < 4.78 is 2.45. The number of allylic oxidation sites excluding steroid dienone is 10. The van der Waals surface area contributed by atoms with Gasteiger partial charge in [-0.2, -0.15) is 0 Å². The molecule has 0 N–H and O–H groups in total. The van der Waals surface area contributed by atoms with Crippen LogP contribution in [0.4, 0.5) is 17.1 Å². The average molecular weight is 677 g/mol. The van der Waals surface area contributed by atoms with Gasteiger partial charge < -0.3 is 9.47 Å². The fourth-order valence-corrected chi connectivity index (χ4v) is 7.82. The minimum atomic E-state index is 0.236. The van der Waals surface area contributed by atoms with E-state index in [0.717, 1.165) is 36.2 Å². The van der Waals surface area contributed by atoms with Crippen molar-refractivity contribution < 1.29 is 0 Å². The molecule has 1 heterocycles. The van der Waals surface area contributed by atoms with Gasteiger partial charge in [-0.1, -0.05) is 117 Å². The van der Waals surface area contributed by atoms with E-state index in [4.69, 9.17) is 0 Å². The fourth-order valence-electron chi connectivity index (χ4n) is 7.82. The van der Waals surface area contributed by atoms with Crippen LogP contribution in [0.3, 0.4) is 0 Å². The SMILES string of the molecule is C=CCC(=C/C(C)c1ccc(N(c2cccc(-c3cccc4c3c3c(C)cccc3n4C3=CCCC=C3)c2)c2ccccc2C)cc1)/C(C=C)=C\C. The third kappa shape index (κ3) is 6.53. The normalized spacial score (nSPS) is 14.0. The Hall–Kier alpha value is -5.86. The van der Waals surface area contributed by atoms with Gasteiger partial charge in [0.1, 0.15) is 0 Å². The zero-order valence-electron chi connectivity index (χ0n) is 30.9. The molecule has 5 aromatic carbocycles. The quantitative estimate of drug-likeness (QED) is 0.0979. The van der Waals surface area contributed by atoms with E-state index < -0.39 is 0 Å². The Bertz CT molecular complexity index is 2410. The largest absolute Gasteiger partial charge is 0.310 e. The lowest BCUT2D eigenvalue weighted by atomic mass is 9.93. The van der Waals surface area contributed by atoms with Crippen LogP contribution >= 0.6 is 0 Å². The van der Waals surface area contributed by atoms with Gasteiger partial charge in [-0.3, -0.25) is 0 Å². The Kier molecular flexibility index (Phi) is 10.1. The Morgan fingerprint density at radius 1 is 0.788 bits per heavy atom. The van der Waals surface area contributed by atoms with Crippen LogP contribution in [0.5, 0.6) is 0 Å². The van der Waals surface area contributed by atoms with E-state index >= 15 is 0 Å². The summed E-state index contributed by atoms with van der Waals surface area (Å²) >= 11 is 0. The lowest BCUT2D eigenvalue weighted by molar-refractivity contribution is 0.947. The maximum absolute atomic E-state index is 4.03. The molecule has 0 bridgehead atoms. The van der Waals surface area contributed by atoms with E-state index in [9.17, 15) is 0 Å². The molecule has 0 spiro atoms.